The number of methoxy groups -OCH3 is 1. The van der Waals surface area contributed by atoms with E-state index in [1.807, 2.05) is 12.1 Å². The number of aryl methyl sites for hydroxylation is 1. The third-order valence-electron chi connectivity index (χ3n) is 2.43. The van der Waals surface area contributed by atoms with E-state index in [0.717, 1.165) is 18.0 Å². The molecule has 4 heteroatoms. The topological polar surface area (TPSA) is 47.3 Å². The molecule has 0 bridgehead atoms. The highest BCUT2D eigenvalue weighted by molar-refractivity contribution is 7.11. The molecule has 3 N–H and O–H groups in total. The molecule has 1 aromatic carbocycles. The summed E-state index contributed by atoms with van der Waals surface area (Å²) in [5.41, 5.74) is 7.47. The van der Waals surface area contributed by atoms with E-state index in [-0.39, 0.29) is 0 Å². The zero-order chi connectivity index (χ0) is 12.3. The van der Waals surface area contributed by atoms with Gasteiger partial charge in [-0.05, 0) is 25.1 Å². The van der Waals surface area contributed by atoms with Crippen LogP contribution in [0.2, 0.25) is 0 Å². The summed E-state index contributed by atoms with van der Waals surface area (Å²) < 4.78 is 5.17. The number of rotatable bonds is 4. The van der Waals surface area contributed by atoms with Crippen LogP contribution < -0.4 is 15.8 Å². The van der Waals surface area contributed by atoms with Gasteiger partial charge in [-0.3, -0.25) is 0 Å². The Morgan fingerprint density at radius 3 is 2.76 bits per heavy atom. The predicted molar refractivity (Wildman–Crippen MR) is 73.8 cm³/mol. The zero-order valence-corrected chi connectivity index (χ0v) is 10.8. The van der Waals surface area contributed by atoms with E-state index in [2.05, 4.69) is 24.4 Å². The SMILES string of the molecule is COc1cc(N)cc(NCc2ccc(C)s2)c1. The van der Waals surface area contributed by atoms with Crippen LogP contribution in [-0.2, 0) is 6.54 Å². The normalized spacial score (nSPS) is 10.2. The molecule has 0 fully saturated rings. The first-order valence-corrected chi connectivity index (χ1v) is 6.23. The van der Waals surface area contributed by atoms with Gasteiger partial charge in [-0.15, -0.1) is 11.3 Å². The van der Waals surface area contributed by atoms with Gasteiger partial charge in [-0.2, -0.15) is 0 Å². The molecule has 0 saturated heterocycles. The van der Waals surface area contributed by atoms with Crippen LogP contribution in [0.1, 0.15) is 9.75 Å². The molecule has 3 nitrogen and oxygen atoms in total. The fourth-order valence-corrected chi connectivity index (χ4v) is 2.44. The van der Waals surface area contributed by atoms with Gasteiger partial charge in [0.15, 0.2) is 0 Å². The van der Waals surface area contributed by atoms with E-state index in [1.165, 1.54) is 9.75 Å². The Hall–Kier alpha value is -1.68. The summed E-state index contributed by atoms with van der Waals surface area (Å²) >= 11 is 1.80. The molecule has 0 amide bonds. The van der Waals surface area contributed by atoms with Crippen molar-refractivity contribution in [1.82, 2.24) is 0 Å². The Morgan fingerprint density at radius 2 is 2.12 bits per heavy atom. The fourth-order valence-electron chi connectivity index (χ4n) is 1.61. The van der Waals surface area contributed by atoms with Crippen molar-refractivity contribution in [2.45, 2.75) is 13.5 Å². The second-order valence-electron chi connectivity index (χ2n) is 3.86. The second kappa shape index (κ2) is 5.10. The average Bonchev–Trinajstić information content (AvgIpc) is 2.72. The zero-order valence-electron chi connectivity index (χ0n) is 9.99. The molecule has 0 aliphatic heterocycles. The van der Waals surface area contributed by atoms with Gasteiger partial charge in [0.1, 0.15) is 5.75 Å². The molecular formula is C13H16N2OS. The van der Waals surface area contributed by atoms with Crippen molar-refractivity contribution in [2.75, 3.05) is 18.2 Å². The number of nitrogen functional groups attached to an aromatic ring is 1. The average molecular weight is 248 g/mol. The highest BCUT2D eigenvalue weighted by Gasteiger charge is 2.00. The van der Waals surface area contributed by atoms with Crippen LogP contribution in [0.15, 0.2) is 30.3 Å². The number of hydrogen-bond acceptors (Lipinski definition) is 4. The van der Waals surface area contributed by atoms with Gasteiger partial charge in [0, 0.05) is 39.8 Å². The molecule has 1 aromatic heterocycles. The number of anilines is 2. The maximum atomic E-state index is 5.79. The Morgan fingerprint density at radius 1 is 1.29 bits per heavy atom. The first-order chi connectivity index (χ1) is 8.17. The Kier molecular flexibility index (Phi) is 3.54. The molecule has 0 atom stereocenters. The molecule has 0 aliphatic carbocycles. The minimum Gasteiger partial charge on any atom is -0.497 e. The summed E-state index contributed by atoms with van der Waals surface area (Å²) in [5, 5.41) is 3.34. The first kappa shape index (κ1) is 11.8. The molecule has 2 aromatic rings. The molecule has 0 radical (unpaired) electrons. The maximum Gasteiger partial charge on any atom is 0.122 e. The minimum atomic E-state index is 0.703. The summed E-state index contributed by atoms with van der Waals surface area (Å²) in [4.78, 5) is 2.64. The lowest BCUT2D eigenvalue weighted by Gasteiger charge is -2.08. The smallest absolute Gasteiger partial charge is 0.122 e. The van der Waals surface area contributed by atoms with Crippen molar-refractivity contribution in [3.05, 3.63) is 40.1 Å². The summed E-state index contributed by atoms with van der Waals surface area (Å²) in [7, 11) is 1.64. The van der Waals surface area contributed by atoms with Crippen LogP contribution in [0.3, 0.4) is 0 Å². The molecule has 0 aliphatic rings. The molecule has 2 rings (SSSR count). The van der Waals surface area contributed by atoms with Gasteiger partial charge in [0.05, 0.1) is 7.11 Å². The van der Waals surface area contributed by atoms with Crippen LogP contribution >= 0.6 is 11.3 Å². The van der Waals surface area contributed by atoms with Gasteiger partial charge < -0.3 is 15.8 Å². The van der Waals surface area contributed by atoms with Gasteiger partial charge in [-0.1, -0.05) is 0 Å². The van der Waals surface area contributed by atoms with Gasteiger partial charge in [0.25, 0.3) is 0 Å². The number of thiophene rings is 1. The van der Waals surface area contributed by atoms with Gasteiger partial charge in [-0.25, -0.2) is 0 Å². The lowest BCUT2D eigenvalue weighted by Crippen LogP contribution is -1.99. The van der Waals surface area contributed by atoms with E-state index in [1.54, 1.807) is 24.5 Å². The van der Waals surface area contributed by atoms with Crippen molar-refractivity contribution in [1.29, 1.82) is 0 Å². The summed E-state index contributed by atoms with van der Waals surface area (Å²) in [6, 6.07) is 9.92. The standard InChI is InChI=1S/C13H16N2OS/c1-9-3-4-13(17-9)8-15-11-5-10(14)6-12(7-11)16-2/h3-7,15H,8,14H2,1-2H3. The largest absolute Gasteiger partial charge is 0.497 e. The van der Waals surface area contributed by atoms with E-state index >= 15 is 0 Å². The molecule has 17 heavy (non-hydrogen) atoms. The van der Waals surface area contributed by atoms with E-state index in [4.69, 9.17) is 10.5 Å². The van der Waals surface area contributed by atoms with Crippen molar-refractivity contribution >= 4 is 22.7 Å². The van der Waals surface area contributed by atoms with E-state index in [0.29, 0.717) is 5.69 Å². The number of nitrogens with one attached hydrogen (secondary N) is 1. The maximum absolute atomic E-state index is 5.79. The molecule has 0 spiro atoms. The third kappa shape index (κ3) is 3.14. The minimum absolute atomic E-state index is 0.703. The van der Waals surface area contributed by atoms with E-state index in [9.17, 15) is 0 Å². The fraction of sp³-hybridized carbons (Fsp3) is 0.231. The van der Waals surface area contributed by atoms with Gasteiger partial charge in [0.2, 0.25) is 0 Å². The second-order valence-corrected chi connectivity index (χ2v) is 5.23. The highest BCUT2D eigenvalue weighted by Crippen LogP contribution is 2.23. The van der Waals surface area contributed by atoms with Crippen LogP contribution in [0.25, 0.3) is 0 Å². The van der Waals surface area contributed by atoms with Gasteiger partial charge >= 0.3 is 0 Å². The summed E-state index contributed by atoms with van der Waals surface area (Å²) in [6.07, 6.45) is 0. The summed E-state index contributed by atoms with van der Waals surface area (Å²) in [5.74, 6) is 0.773. The van der Waals surface area contributed by atoms with Crippen molar-refractivity contribution in [3.8, 4) is 5.75 Å². The van der Waals surface area contributed by atoms with Crippen LogP contribution in [-0.4, -0.2) is 7.11 Å². The molecule has 90 valence electrons. The molecule has 0 unspecified atom stereocenters. The van der Waals surface area contributed by atoms with Crippen molar-refractivity contribution in [3.63, 3.8) is 0 Å². The Balaban J connectivity index is 2.05. The highest BCUT2D eigenvalue weighted by atomic mass is 32.1. The monoisotopic (exact) mass is 248 g/mol. The van der Waals surface area contributed by atoms with Crippen LogP contribution in [0.4, 0.5) is 11.4 Å². The number of benzene rings is 1. The Bertz CT molecular complexity index is 508. The third-order valence-corrected chi connectivity index (χ3v) is 3.43. The summed E-state index contributed by atoms with van der Waals surface area (Å²) in [6.45, 7) is 2.92. The first-order valence-electron chi connectivity index (χ1n) is 5.41. The molecular weight excluding hydrogens is 232 g/mol. The van der Waals surface area contributed by atoms with Crippen molar-refractivity contribution in [2.24, 2.45) is 0 Å². The quantitative estimate of drug-likeness (QED) is 0.816. The van der Waals surface area contributed by atoms with E-state index < -0.39 is 0 Å². The lowest BCUT2D eigenvalue weighted by atomic mass is 10.2. The molecule has 0 saturated carbocycles. The number of hydrogen-bond donors (Lipinski definition) is 2. The predicted octanol–water partition coefficient (Wildman–Crippen LogP) is 3.26. The van der Waals surface area contributed by atoms with Crippen LogP contribution in [0, 0.1) is 6.92 Å². The molecule has 1 heterocycles. The Labute approximate surface area is 105 Å². The number of ether oxygens (including phenoxy) is 1. The van der Waals surface area contributed by atoms with Crippen LogP contribution in [0.5, 0.6) is 5.75 Å². The number of nitrogens with two attached hydrogens (primary N) is 1. The lowest BCUT2D eigenvalue weighted by molar-refractivity contribution is 0.415. The van der Waals surface area contributed by atoms with Crippen molar-refractivity contribution < 1.29 is 4.74 Å².